The zero-order chi connectivity index (χ0) is 10.5. The van der Waals surface area contributed by atoms with Gasteiger partial charge >= 0.3 is 0 Å². The van der Waals surface area contributed by atoms with E-state index in [1.807, 2.05) is 0 Å². The van der Waals surface area contributed by atoms with Crippen LogP contribution in [0.25, 0.3) is 0 Å². The van der Waals surface area contributed by atoms with Crippen molar-refractivity contribution in [3.63, 3.8) is 0 Å². The zero-order valence-electron chi connectivity index (χ0n) is 9.61. The van der Waals surface area contributed by atoms with E-state index < -0.39 is 0 Å². The van der Waals surface area contributed by atoms with Crippen LogP contribution in [0.5, 0.6) is 0 Å². The van der Waals surface area contributed by atoms with Crippen LogP contribution >= 0.6 is 0 Å². The standard InChI is InChI=1S/C12H22O3/c1-2-10-11(6-5-9-13-10)15-12-7-3-4-8-14-12/h10-12H,2-9H2,1H3. The highest BCUT2D eigenvalue weighted by atomic mass is 16.7. The minimum absolute atomic E-state index is 0.0273. The first kappa shape index (κ1) is 11.4. The molecule has 2 heterocycles. The van der Waals surface area contributed by atoms with Gasteiger partial charge in [0.25, 0.3) is 0 Å². The average Bonchev–Trinajstić information content (AvgIpc) is 2.31. The molecule has 2 aliphatic heterocycles. The molecule has 2 saturated heterocycles. The van der Waals surface area contributed by atoms with Gasteiger partial charge in [0.1, 0.15) is 0 Å². The minimum atomic E-state index is 0.0273. The molecular weight excluding hydrogens is 192 g/mol. The molecule has 3 atom stereocenters. The van der Waals surface area contributed by atoms with Crippen molar-refractivity contribution in [1.29, 1.82) is 0 Å². The Morgan fingerprint density at radius 2 is 1.93 bits per heavy atom. The predicted octanol–water partition coefficient (Wildman–Crippen LogP) is 2.49. The molecule has 0 aromatic rings. The summed E-state index contributed by atoms with van der Waals surface area (Å²) in [5.41, 5.74) is 0. The van der Waals surface area contributed by atoms with Crippen molar-refractivity contribution in [2.45, 2.75) is 63.9 Å². The molecule has 0 aromatic carbocycles. The molecule has 2 fully saturated rings. The van der Waals surface area contributed by atoms with Crippen molar-refractivity contribution >= 4 is 0 Å². The fourth-order valence-corrected chi connectivity index (χ4v) is 2.36. The molecule has 2 aliphatic rings. The summed E-state index contributed by atoms with van der Waals surface area (Å²) in [5, 5.41) is 0. The summed E-state index contributed by atoms with van der Waals surface area (Å²) < 4.78 is 17.3. The quantitative estimate of drug-likeness (QED) is 0.722. The first-order chi connectivity index (χ1) is 7.40. The molecule has 0 spiro atoms. The topological polar surface area (TPSA) is 27.7 Å². The van der Waals surface area contributed by atoms with E-state index in [2.05, 4.69) is 6.92 Å². The maximum Gasteiger partial charge on any atom is 0.158 e. The summed E-state index contributed by atoms with van der Waals surface area (Å²) in [4.78, 5) is 0. The fourth-order valence-electron chi connectivity index (χ4n) is 2.36. The van der Waals surface area contributed by atoms with Gasteiger partial charge in [-0.3, -0.25) is 0 Å². The van der Waals surface area contributed by atoms with Crippen LogP contribution in [0.2, 0.25) is 0 Å². The van der Waals surface area contributed by atoms with Gasteiger partial charge in [-0.25, -0.2) is 0 Å². The van der Waals surface area contributed by atoms with Crippen molar-refractivity contribution < 1.29 is 14.2 Å². The summed E-state index contributed by atoms with van der Waals surface area (Å²) in [5.74, 6) is 0. The van der Waals surface area contributed by atoms with Crippen molar-refractivity contribution in [3.8, 4) is 0 Å². The van der Waals surface area contributed by atoms with Gasteiger partial charge in [0, 0.05) is 13.2 Å². The molecule has 0 radical (unpaired) electrons. The Morgan fingerprint density at radius 1 is 1.07 bits per heavy atom. The van der Waals surface area contributed by atoms with Gasteiger partial charge in [0.15, 0.2) is 6.29 Å². The summed E-state index contributed by atoms with van der Waals surface area (Å²) in [6.07, 6.45) is 7.31. The lowest BCUT2D eigenvalue weighted by Gasteiger charge is -2.34. The molecule has 0 N–H and O–H groups in total. The summed E-state index contributed by atoms with van der Waals surface area (Å²) >= 11 is 0. The molecule has 3 nitrogen and oxygen atoms in total. The Labute approximate surface area is 92.1 Å². The normalized spacial score (nSPS) is 37.8. The summed E-state index contributed by atoms with van der Waals surface area (Å²) in [6.45, 7) is 3.91. The lowest BCUT2D eigenvalue weighted by Crippen LogP contribution is -2.39. The Bertz CT molecular complexity index is 178. The summed E-state index contributed by atoms with van der Waals surface area (Å²) in [6, 6.07) is 0. The van der Waals surface area contributed by atoms with Gasteiger partial charge < -0.3 is 14.2 Å². The van der Waals surface area contributed by atoms with Crippen molar-refractivity contribution in [2.24, 2.45) is 0 Å². The van der Waals surface area contributed by atoms with Crippen LogP contribution in [0.4, 0.5) is 0 Å². The second-order valence-corrected chi connectivity index (χ2v) is 4.43. The fraction of sp³-hybridized carbons (Fsp3) is 1.00. The number of rotatable bonds is 3. The maximum absolute atomic E-state index is 5.99. The highest BCUT2D eigenvalue weighted by Crippen LogP contribution is 2.24. The Kier molecular flexibility index (Phi) is 4.42. The molecule has 0 saturated carbocycles. The van der Waals surface area contributed by atoms with Crippen LogP contribution in [-0.4, -0.2) is 31.7 Å². The van der Waals surface area contributed by atoms with E-state index >= 15 is 0 Å². The maximum atomic E-state index is 5.99. The molecule has 88 valence electrons. The van der Waals surface area contributed by atoms with E-state index in [1.165, 1.54) is 12.8 Å². The van der Waals surface area contributed by atoms with E-state index in [-0.39, 0.29) is 18.5 Å². The largest absolute Gasteiger partial charge is 0.376 e. The van der Waals surface area contributed by atoms with E-state index in [1.54, 1.807) is 0 Å². The lowest BCUT2D eigenvalue weighted by atomic mass is 10.0. The van der Waals surface area contributed by atoms with E-state index in [0.29, 0.717) is 0 Å². The molecule has 3 unspecified atom stereocenters. The van der Waals surface area contributed by atoms with Gasteiger partial charge in [0.05, 0.1) is 12.2 Å². The van der Waals surface area contributed by atoms with Crippen LogP contribution in [0.3, 0.4) is 0 Å². The first-order valence-electron chi connectivity index (χ1n) is 6.29. The zero-order valence-corrected chi connectivity index (χ0v) is 9.61. The Balaban J connectivity index is 1.79. The molecule has 0 aromatic heterocycles. The molecule has 0 amide bonds. The number of ether oxygens (including phenoxy) is 3. The number of hydrogen-bond donors (Lipinski definition) is 0. The molecule has 0 bridgehead atoms. The molecule has 2 rings (SSSR count). The predicted molar refractivity (Wildman–Crippen MR) is 57.7 cm³/mol. The van der Waals surface area contributed by atoms with E-state index in [4.69, 9.17) is 14.2 Å². The highest BCUT2D eigenvalue weighted by Gasteiger charge is 2.28. The number of hydrogen-bond acceptors (Lipinski definition) is 3. The van der Waals surface area contributed by atoms with Gasteiger partial charge in [-0.1, -0.05) is 6.92 Å². The monoisotopic (exact) mass is 214 g/mol. The van der Waals surface area contributed by atoms with Gasteiger partial charge in [0.2, 0.25) is 0 Å². The van der Waals surface area contributed by atoms with Crippen LogP contribution in [0.1, 0.15) is 45.4 Å². The Morgan fingerprint density at radius 3 is 2.67 bits per heavy atom. The van der Waals surface area contributed by atoms with Crippen LogP contribution in [0, 0.1) is 0 Å². The second kappa shape index (κ2) is 5.83. The highest BCUT2D eigenvalue weighted by molar-refractivity contribution is 4.75. The van der Waals surface area contributed by atoms with Crippen LogP contribution in [-0.2, 0) is 14.2 Å². The SMILES string of the molecule is CCC1OCCCC1OC1CCCCO1. The van der Waals surface area contributed by atoms with Crippen molar-refractivity contribution in [1.82, 2.24) is 0 Å². The summed E-state index contributed by atoms with van der Waals surface area (Å²) in [7, 11) is 0. The first-order valence-corrected chi connectivity index (χ1v) is 6.29. The van der Waals surface area contributed by atoms with Gasteiger partial charge in [-0.15, -0.1) is 0 Å². The third kappa shape index (κ3) is 3.16. The van der Waals surface area contributed by atoms with Crippen molar-refractivity contribution in [2.75, 3.05) is 13.2 Å². The van der Waals surface area contributed by atoms with E-state index in [9.17, 15) is 0 Å². The molecule has 3 heteroatoms. The lowest BCUT2D eigenvalue weighted by molar-refractivity contribution is -0.223. The molecule has 0 aliphatic carbocycles. The van der Waals surface area contributed by atoms with Crippen LogP contribution < -0.4 is 0 Å². The molecule has 15 heavy (non-hydrogen) atoms. The second-order valence-electron chi connectivity index (χ2n) is 4.43. The smallest absolute Gasteiger partial charge is 0.158 e. The average molecular weight is 214 g/mol. The van der Waals surface area contributed by atoms with Gasteiger partial charge in [-0.05, 0) is 38.5 Å². The van der Waals surface area contributed by atoms with E-state index in [0.717, 1.165) is 38.9 Å². The van der Waals surface area contributed by atoms with Gasteiger partial charge in [-0.2, -0.15) is 0 Å². The molecular formula is C12H22O3. The van der Waals surface area contributed by atoms with Crippen molar-refractivity contribution in [3.05, 3.63) is 0 Å². The third-order valence-corrected chi connectivity index (χ3v) is 3.25. The minimum Gasteiger partial charge on any atom is -0.376 e. The Hall–Kier alpha value is -0.120. The third-order valence-electron chi connectivity index (χ3n) is 3.25. The van der Waals surface area contributed by atoms with Crippen LogP contribution in [0.15, 0.2) is 0 Å².